The van der Waals surface area contributed by atoms with E-state index in [1.165, 1.54) is 0 Å². The number of benzene rings is 1. The fraction of sp³-hybridized carbons (Fsp3) is 0.571. The van der Waals surface area contributed by atoms with Gasteiger partial charge in [-0.2, -0.15) is 23.3 Å². The van der Waals surface area contributed by atoms with Crippen LogP contribution in [-0.4, -0.2) is 125 Å². The number of nitrogens with zero attached hydrogens (tertiary/aromatic N) is 8. The van der Waals surface area contributed by atoms with Crippen LogP contribution in [0.2, 0.25) is 0 Å². The van der Waals surface area contributed by atoms with Crippen LogP contribution < -0.4 is 24.2 Å². The number of rotatable bonds is 5. The molecular formula is C28H37F3N8O5. The summed E-state index contributed by atoms with van der Waals surface area (Å²) in [4.78, 5) is 28.3. The Morgan fingerprint density at radius 3 is 2.23 bits per heavy atom. The van der Waals surface area contributed by atoms with Gasteiger partial charge in [-0.15, -0.1) is 0 Å². The minimum atomic E-state index is -5.08. The zero-order chi connectivity index (χ0) is 31.6. The number of aliphatic hydroxyl groups is 1. The van der Waals surface area contributed by atoms with Crippen LogP contribution in [0.5, 0.6) is 11.5 Å². The third-order valence-corrected chi connectivity index (χ3v) is 8.01. The zero-order valence-electron chi connectivity index (χ0n) is 24.9. The lowest BCUT2D eigenvalue weighted by atomic mass is 10.2. The van der Waals surface area contributed by atoms with Gasteiger partial charge in [-0.1, -0.05) is 6.07 Å². The average Bonchev–Trinajstić information content (AvgIpc) is 3.32. The van der Waals surface area contributed by atoms with E-state index in [2.05, 4.69) is 37.7 Å². The van der Waals surface area contributed by atoms with Crippen molar-refractivity contribution in [3.05, 3.63) is 23.9 Å². The Labute approximate surface area is 252 Å². The van der Waals surface area contributed by atoms with Crippen LogP contribution in [0.3, 0.4) is 0 Å². The second-order valence-corrected chi connectivity index (χ2v) is 10.9. The van der Waals surface area contributed by atoms with Crippen molar-refractivity contribution in [1.29, 1.82) is 0 Å². The predicted octanol–water partition coefficient (Wildman–Crippen LogP) is 1.91. The van der Waals surface area contributed by atoms with Crippen molar-refractivity contribution in [2.45, 2.75) is 26.1 Å². The molecule has 3 aromatic rings. The number of hydrogen-bond acceptors (Lipinski definition) is 11. The van der Waals surface area contributed by atoms with E-state index < -0.39 is 12.1 Å². The predicted molar refractivity (Wildman–Crippen MR) is 157 cm³/mol. The van der Waals surface area contributed by atoms with Crippen molar-refractivity contribution < 1.29 is 37.7 Å². The number of aryl methyl sites for hydroxylation is 2. The van der Waals surface area contributed by atoms with Crippen LogP contribution in [0.25, 0.3) is 11.0 Å². The lowest BCUT2D eigenvalue weighted by Gasteiger charge is -2.39. The third kappa shape index (κ3) is 6.55. The number of fused-ring (bicyclic) bond motifs is 2. The molecule has 0 bridgehead atoms. The normalized spacial score (nSPS) is 18.2. The molecule has 0 spiro atoms. The first kappa shape index (κ1) is 31.4. The quantitative estimate of drug-likeness (QED) is 0.431. The lowest BCUT2D eigenvalue weighted by molar-refractivity contribution is -0.192. The monoisotopic (exact) mass is 622 g/mol. The number of anilines is 3. The molecule has 3 aliphatic rings. The number of para-hydroxylation sites is 1. The lowest BCUT2D eigenvalue weighted by Crippen LogP contribution is -2.51. The standard InChI is InChI=1S/C26H36N8O3.C2HF3O2/c1-18(17-35)31-7-13-34(14-8-31)26-27-22-19(2)29-30(3)23(22)25(28-26)33-11-9-32(10-12-33)20-5-4-6-21-24(20)37-16-15-36-21;3-2(4,5)1(6)7/h4-6,18,35H,7-17H2,1-3H3;(H,6,7). The molecule has 0 saturated carbocycles. The van der Waals surface area contributed by atoms with Gasteiger partial charge in [0.05, 0.1) is 18.0 Å². The molecule has 2 N–H and O–H groups in total. The second-order valence-electron chi connectivity index (χ2n) is 10.9. The molecule has 5 heterocycles. The van der Waals surface area contributed by atoms with Crippen molar-refractivity contribution in [3.63, 3.8) is 0 Å². The van der Waals surface area contributed by atoms with Gasteiger partial charge in [0.15, 0.2) is 17.3 Å². The van der Waals surface area contributed by atoms with E-state index >= 15 is 0 Å². The summed E-state index contributed by atoms with van der Waals surface area (Å²) in [6, 6.07) is 6.30. The highest BCUT2D eigenvalue weighted by Gasteiger charge is 2.38. The molecule has 6 rings (SSSR count). The molecule has 16 heteroatoms. The summed E-state index contributed by atoms with van der Waals surface area (Å²) >= 11 is 0. The van der Waals surface area contributed by atoms with Gasteiger partial charge in [0.2, 0.25) is 5.95 Å². The molecule has 2 fully saturated rings. The summed E-state index contributed by atoms with van der Waals surface area (Å²) in [5, 5.41) is 21.3. The number of aliphatic carboxylic acids is 1. The number of halogens is 3. The Hall–Kier alpha value is -4.05. The van der Waals surface area contributed by atoms with Crippen LogP contribution >= 0.6 is 0 Å². The Balaban J connectivity index is 0.000000493. The van der Waals surface area contributed by atoms with E-state index in [1.54, 1.807) is 0 Å². The molecule has 1 aromatic carbocycles. The van der Waals surface area contributed by atoms with E-state index in [-0.39, 0.29) is 12.6 Å². The number of aromatic nitrogens is 4. The number of carboxylic acids is 1. The summed E-state index contributed by atoms with van der Waals surface area (Å²) in [5.41, 5.74) is 3.91. The van der Waals surface area contributed by atoms with Gasteiger partial charge in [-0.05, 0) is 26.0 Å². The molecule has 1 unspecified atom stereocenters. The first-order valence-corrected chi connectivity index (χ1v) is 14.5. The van der Waals surface area contributed by atoms with Crippen molar-refractivity contribution in [2.24, 2.45) is 7.05 Å². The van der Waals surface area contributed by atoms with Crippen LogP contribution in [0.4, 0.5) is 30.6 Å². The first-order chi connectivity index (χ1) is 21.0. The SMILES string of the molecule is Cc1nn(C)c2c(N3CCN(c4cccc5c4OCCO5)CC3)nc(N3CCN(C(C)CO)CC3)nc12.O=C(O)C(F)(F)F. The number of piperazine rings is 2. The van der Waals surface area contributed by atoms with E-state index in [9.17, 15) is 18.3 Å². The van der Waals surface area contributed by atoms with Crippen LogP contribution in [0.1, 0.15) is 12.6 Å². The molecule has 240 valence electrons. The molecular weight excluding hydrogens is 585 g/mol. The second kappa shape index (κ2) is 12.9. The van der Waals surface area contributed by atoms with Crippen molar-refractivity contribution in [1.82, 2.24) is 24.6 Å². The maximum Gasteiger partial charge on any atom is 0.490 e. The summed E-state index contributed by atoms with van der Waals surface area (Å²) in [7, 11) is 1.97. The van der Waals surface area contributed by atoms with Gasteiger partial charge < -0.3 is 34.4 Å². The molecule has 1 atom stereocenters. The number of hydrogen-bond donors (Lipinski definition) is 2. The number of aliphatic hydroxyl groups excluding tert-OH is 1. The van der Waals surface area contributed by atoms with E-state index in [1.807, 2.05) is 30.8 Å². The van der Waals surface area contributed by atoms with Crippen LogP contribution in [0, 0.1) is 6.92 Å². The van der Waals surface area contributed by atoms with Gasteiger partial charge in [-0.25, -0.2) is 9.78 Å². The Kier molecular flexibility index (Phi) is 9.20. The fourth-order valence-electron chi connectivity index (χ4n) is 5.61. The molecule has 0 radical (unpaired) electrons. The number of ether oxygens (including phenoxy) is 2. The highest BCUT2D eigenvalue weighted by molar-refractivity contribution is 5.89. The smallest absolute Gasteiger partial charge is 0.486 e. The van der Waals surface area contributed by atoms with Crippen LogP contribution in [0.15, 0.2) is 18.2 Å². The highest BCUT2D eigenvalue weighted by atomic mass is 19.4. The van der Waals surface area contributed by atoms with E-state index in [0.717, 1.165) is 98.0 Å². The van der Waals surface area contributed by atoms with Crippen molar-refractivity contribution in [3.8, 4) is 11.5 Å². The molecule has 0 amide bonds. The van der Waals surface area contributed by atoms with E-state index in [0.29, 0.717) is 13.2 Å². The molecule has 0 aliphatic carbocycles. The minimum Gasteiger partial charge on any atom is -0.486 e. The van der Waals surface area contributed by atoms with Gasteiger partial charge in [0.1, 0.15) is 24.2 Å². The molecule has 2 saturated heterocycles. The molecule has 13 nitrogen and oxygen atoms in total. The Bertz CT molecular complexity index is 1470. The van der Waals surface area contributed by atoms with Gasteiger partial charge in [0, 0.05) is 65.4 Å². The van der Waals surface area contributed by atoms with Crippen molar-refractivity contribution >= 4 is 34.5 Å². The molecule has 2 aromatic heterocycles. The highest BCUT2D eigenvalue weighted by Crippen LogP contribution is 2.40. The Morgan fingerprint density at radius 1 is 0.977 bits per heavy atom. The van der Waals surface area contributed by atoms with Crippen LogP contribution in [-0.2, 0) is 11.8 Å². The van der Waals surface area contributed by atoms with E-state index in [4.69, 9.17) is 29.3 Å². The largest absolute Gasteiger partial charge is 0.490 e. The summed E-state index contributed by atoms with van der Waals surface area (Å²) in [6.45, 7) is 12.3. The maximum atomic E-state index is 10.6. The Morgan fingerprint density at radius 2 is 1.59 bits per heavy atom. The third-order valence-electron chi connectivity index (χ3n) is 8.01. The number of carboxylic acid groups (broad SMARTS) is 1. The minimum absolute atomic E-state index is 0.171. The number of carbonyl (C=O) groups is 1. The number of alkyl halides is 3. The summed E-state index contributed by atoms with van der Waals surface area (Å²) < 4.78 is 45.4. The topological polar surface area (TPSA) is 133 Å². The summed E-state index contributed by atoms with van der Waals surface area (Å²) in [5.74, 6) is 0.633. The van der Waals surface area contributed by atoms with Gasteiger partial charge >= 0.3 is 12.1 Å². The van der Waals surface area contributed by atoms with Gasteiger partial charge in [0.25, 0.3) is 0 Å². The van der Waals surface area contributed by atoms with Gasteiger partial charge in [-0.3, -0.25) is 9.58 Å². The molecule has 44 heavy (non-hydrogen) atoms. The first-order valence-electron chi connectivity index (χ1n) is 14.5. The summed E-state index contributed by atoms with van der Waals surface area (Å²) in [6.07, 6.45) is -5.08. The fourth-order valence-corrected chi connectivity index (χ4v) is 5.61. The average molecular weight is 623 g/mol. The maximum absolute atomic E-state index is 10.6. The van der Waals surface area contributed by atoms with Crippen molar-refractivity contribution in [2.75, 3.05) is 86.9 Å². The molecule has 3 aliphatic heterocycles. The zero-order valence-corrected chi connectivity index (χ0v) is 24.9.